The summed E-state index contributed by atoms with van der Waals surface area (Å²) >= 11 is 5.68. The van der Waals surface area contributed by atoms with Gasteiger partial charge in [-0.2, -0.15) is 0 Å². The van der Waals surface area contributed by atoms with Crippen LogP contribution in [-0.4, -0.2) is 18.2 Å². The summed E-state index contributed by atoms with van der Waals surface area (Å²) in [5, 5.41) is 8.86. The topological polar surface area (TPSA) is 46.5 Å². The van der Waals surface area contributed by atoms with Gasteiger partial charge >= 0.3 is 5.97 Å². The molecule has 0 aromatic heterocycles. The Kier molecular flexibility index (Phi) is 4.43. The highest BCUT2D eigenvalue weighted by atomic mass is 35.5. The molecule has 1 N–H and O–H groups in total. The monoisotopic (exact) mass is 312 g/mol. The van der Waals surface area contributed by atoms with Gasteiger partial charge in [0, 0.05) is 12.0 Å². The van der Waals surface area contributed by atoms with Crippen LogP contribution in [-0.2, 0) is 6.42 Å². The summed E-state index contributed by atoms with van der Waals surface area (Å²) < 4.78 is 33.2. The fourth-order valence-electron chi connectivity index (χ4n) is 2.00. The van der Waals surface area contributed by atoms with Crippen LogP contribution in [0.1, 0.15) is 21.5 Å². The van der Waals surface area contributed by atoms with Crippen molar-refractivity contribution in [2.24, 2.45) is 0 Å². The number of carboxylic acid groups (broad SMARTS) is 1. The molecule has 0 bridgehead atoms. The number of carbonyl (C=O) groups is 1. The lowest BCUT2D eigenvalue weighted by Gasteiger charge is -2.12. The van der Waals surface area contributed by atoms with Gasteiger partial charge in [0.1, 0.15) is 17.4 Å². The maximum Gasteiger partial charge on any atom is 0.338 e. The quantitative estimate of drug-likeness (QED) is 0.931. The van der Waals surface area contributed by atoms with Gasteiger partial charge in [-0.25, -0.2) is 13.6 Å². The number of halogens is 3. The Morgan fingerprint density at radius 1 is 1.24 bits per heavy atom. The molecule has 110 valence electrons. The Hall–Kier alpha value is -2.14. The minimum absolute atomic E-state index is 0.0291. The highest BCUT2D eigenvalue weighted by Gasteiger charge is 2.20. The van der Waals surface area contributed by atoms with Gasteiger partial charge in [0.15, 0.2) is 0 Å². The van der Waals surface area contributed by atoms with E-state index in [9.17, 15) is 13.6 Å². The third-order valence-corrected chi connectivity index (χ3v) is 3.34. The van der Waals surface area contributed by atoms with E-state index in [1.54, 1.807) is 0 Å². The van der Waals surface area contributed by atoms with Crippen molar-refractivity contribution in [1.29, 1.82) is 0 Å². The highest BCUT2D eigenvalue weighted by molar-refractivity contribution is 6.30. The fraction of sp³-hybridized carbons (Fsp3) is 0.133. The van der Waals surface area contributed by atoms with E-state index >= 15 is 0 Å². The third kappa shape index (κ3) is 2.97. The number of hydrogen-bond acceptors (Lipinski definition) is 2. The van der Waals surface area contributed by atoms with Crippen LogP contribution in [0.15, 0.2) is 30.3 Å². The first kappa shape index (κ1) is 15.3. The lowest BCUT2D eigenvalue weighted by Crippen LogP contribution is -2.07. The van der Waals surface area contributed by atoms with Crippen molar-refractivity contribution in [3.05, 3.63) is 63.7 Å². The molecule has 0 aliphatic carbocycles. The second-order valence-electron chi connectivity index (χ2n) is 4.30. The standard InChI is InChI=1S/C15H11ClF2O3/c1-21-12-6-5-9(15(19)20)14(18)10(12)7-8-3-2-4-11(16)13(8)17/h2-6H,7H2,1H3,(H,19,20). The summed E-state index contributed by atoms with van der Waals surface area (Å²) in [4.78, 5) is 11.0. The summed E-state index contributed by atoms with van der Waals surface area (Å²) in [5.74, 6) is -2.86. The molecule has 3 nitrogen and oxygen atoms in total. The fourth-order valence-corrected chi connectivity index (χ4v) is 2.19. The average Bonchev–Trinajstić information content (AvgIpc) is 2.45. The minimum atomic E-state index is -1.40. The minimum Gasteiger partial charge on any atom is -0.496 e. The van der Waals surface area contributed by atoms with E-state index in [1.807, 2.05) is 0 Å². The Morgan fingerprint density at radius 3 is 2.57 bits per heavy atom. The van der Waals surface area contributed by atoms with Crippen LogP contribution >= 0.6 is 11.6 Å². The molecule has 0 aliphatic heterocycles. The van der Waals surface area contributed by atoms with Crippen molar-refractivity contribution in [1.82, 2.24) is 0 Å². The van der Waals surface area contributed by atoms with E-state index in [1.165, 1.54) is 31.4 Å². The van der Waals surface area contributed by atoms with Gasteiger partial charge in [-0.15, -0.1) is 0 Å². The van der Waals surface area contributed by atoms with Gasteiger partial charge in [-0.05, 0) is 23.8 Å². The predicted molar refractivity (Wildman–Crippen MR) is 74.1 cm³/mol. The van der Waals surface area contributed by atoms with Gasteiger partial charge in [0.25, 0.3) is 0 Å². The normalized spacial score (nSPS) is 10.5. The Morgan fingerprint density at radius 2 is 1.95 bits per heavy atom. The molecule has 2 rings (SSSR count). The second-order valence-corrected chi connectivity index (χ2v) is 4.71. The van der Waals surface area contributed by atoms with E-state index < -0.39 is 23.2 Å². The predicted octanol–water partition coefficient (Wildman–Crippen LogP) is 3.92. The van der Waals surface area contributed by atoms with Crippen molar-refractivity contribution in [3.8, 4) is 5.75 Å². The number of hydrogen-bond donors (Lipinski definition) is 1. The van der Waals surface area contributed by atoms with Crippen LogP contribution < -0.4 is 4.74 Å². The summed E-state index contributed by atoms with van der Waals surface area (Å²) in [6.45, 7) is 0. The Bertz CT molecular complexity index is 702. The van der Waals surface area contributed by atoms with E-state index in [4.69, 9.17) is 21.4 Å². The molecule has 0 fully saturated rings. The van der Waals surface area contributed by atoms with Gasteiger partial charge < -0.3 is 9.84 Å². The van der Waals surface area contributed by atoms with E-state index in [-0.39, 0.29) is 28.3 Å². The molecule has 0 atom stereocenters. The molecule has 0 spiro atoms. The number of methoxy groups -OCH3 is 1. The van der Waals surface area contributed by atoms with Crippen LogP contribution in [0.25, 0.3) is 0 Å². The van der Waals surface area contributed by atoms with Crippen LogP contribution in [0.2, 0.25) is 5.02 Å². The summed E-state index contributed by atoms with van der Waals surface area (Å²) in [5.41, 5.74) is -0.367. The summed E-state index contributed by atoms with van der Waals surface area (Å²) in [7, 11) is 1.33. The van der Waals surface area contributed by atoms with Gasteiger partial charge in [0.2, 0.25) is 0 Å². The smallest absolute Gasteiger partial charge is 0.338 e. The molecular formula is C15H11ClF2O3. The van der Waals surface area contributed by atoms with Gasteiger partial charge in [-0.3, -0.25) is 0 Å². The lowest BCUT2D eigenvalue weighted by atomic mass is 10.00. The van der Waals surface area contributed by atoms with Crippen molar-refractivity contribution < 1.29 is 23.4 Å². The molecule has 2 aromatic rings. The van der Waals surface area contributed by atoms with E-state index in [0.29, 0.717) is 0 Å². The zero-order valence-electron chi connectivity index (χ0n) is 11.0. The molecular weight excluding hydrogens is 302 g/mol. The third-order valence-electron chi connectivity index (χ3n) is 3.05. The molecule has 0 saturated carbocycles. The van der Waals surface area contributed by atoms with Gasteiger partial charge in [0.05, 0.1) is 17.7 Å². The molecule has 2 aromatic carbocycles. The van der Waals surface area contributed by atoms with E-state index in [2.05, 4.69) is 0 Å². The van der Waals surface area contributed by atoms with Crippen LogP contribution in [0.5, 0.6) is 5.75 Å². The molecule has 0 radical (unpaired) electrons. The first-order chi connectivity index (χ1) is 9.95. The highest BCUT2D eigenvalue weighted by Crippen LogP contribution is 2.29. The van der Waals surface area contributed by atoms with Crippen LogP contribution in [0.4, 0.5) is 8.78 Å². The molecule has 0 saturated heterocycles. The number of carboxylic acids is 1. The van der Waals surface area contributed by atoms with Crippen molar-refractivity contribution in [2.75, 3.05) is 7.11 Å². The zero-order chi connectivity index (χ0) is 15.6. The SMILES string of the molecule is COc1ccc(C(=O)O)c(F)c1Cc1cccc(Cl)c1F. The second kappa shape index (κ2) is 6.10. The summed E-state index contributed by atoms with van der Waals surface area (Å²) in [6.07, 6.45) is -0.164. The maximum absolute atomic E-state index is 14.3. The number of benzene rings is 2. The Labute approximate surface area is 124 Å². The maximum atomic E-state index is 14.3. The zero-order valence-corrected chi connectivity index (χ0v) is 11.7. The molecule has 21 heavy (non-hydrogen) atoms. The lowest BCUT2D eigenvalue weighted by molar-refractivity contribution is 0.0691. The molecule has 6 heteroatoms. The number of ether oxygens (including phenoxy) is 1. The molecule has 0 unspecified atom stereocenters. The molecule has 0 amide bonds. The van der Waals surface area contributed by atoms with Crippen molar-refractivity contribution in [2.45, 2.75) is 6.42 Å². The first-order valence-electron chi connectivity index (χ1n) is 5.97. The van der Waals surface area contributed by atoms with Crippen molar-refractivity contribution >= 4 is 17.6 Å². The van der Waals surface area contributed by atoms with E-state index in [0.717, 1.165) is 6.07 Å². The molecule has 0 aliphatic rings. The van der Waals surface area contributed by atoms with Crippen molar-refractivity contribution in [3.63, 3.8) is 0 Å². The number of aromatic carboxylic acids is 1. The number of rotatable bonds is 4. The molecule has 0 heterocycles. The first-order valence-corrected chi connectivity index (χ1v) is 6.35. The largest absolute Gasteiger partial charge is 0.496 e. The average molecular weight is 313 g/mol. The Balaban J connectivity index is 2.54. The van der Waals surface area contributed by atoms with Gasteiger partial charge in [-0.1, -0.05) is 23.7 Å². The summed E-state index contributed by atoms with van der Waals surface area (Å²) in [6, 6.07) is 6.81. The van der Waals surface area contributed by atoms with Crippen LogP contribution in [0.3, 0.4) is 0 Å². The van der Waals surface area contributed by atoms with Crippen LogP contribution in [0, 0.1) is 11.6 Å².